The lowest BCUT2D eigenvalue weighted by atomic mass is 10.1. The maximum atomic E-state index is 12.2. The Morgan fingerprint density at radius 2 is 1.95 bits per heavy atom. The summed E-state index contributed by atoms with van der Waals surface area (Å²) in [6.45, 7) is 3.87. The molecule has 5 nitrogen and oxygen atoms in total. The van der Waals surface area contributed by atoms with E-state index in [1.807, 2.05) is 26.0 Å². The molecular formula is C15H13BrN2O3. The second-order valence-corrected chi connectivity index (χ2v) is 5.48. The van der Waals surface area contributed by atoms with Gasteiger partial charge in [-0.05, 0) is 59.1 Å². The second-order valence-electron chi connectivity index (χ2n) is 4.63. The fourth-order valence-electron chi connectivity index (χ4n) is 1.91. The highest BCUT2D eigenvalue weighted by Crippen LogP contribution is 2.28. The summed E-state index contributed by atoms with van der Waals surface area (Å²) in [4.78, 5) is 26.6. The SMILES string of the molecule is Cc1cc(C)c(NC(=O)c2ccc(C(=O)O)nc2)c(Br)c1. The van der Waals surface area contributed by atoms with Crippen molar-refractivity contribution < 1.29 is 14.7 Å². The van der Waals surface area contributed by atoms with Crippen LogP contribution in [0.15, 0.2) is 34.9 Å². The van der Waals surface area contributed by atoms with E-state index < -0.39 is 5.97 Å². The number of aryl methyl sites for hydroxylation is 2. The Hall–Kier alpha value is -2.21. The number of aromatic carboxylic acids is 1. The molecule has 6 heteroatoms. The summed E-state index contributed by atoms with van der Waals surface area (Å²) in [5, 5.41) is 11.6. The van der Waals surface area contributed by atoms with Gasteiger partial charge >= 0.3 is 5.97 Å². The summed E-state index contributed by atoms with van der Waals surface area (Å²) in [6.07, 6.45) is 1.25. The first kappa shape index (κ1) is 15.2. The van der Waals surface area contributed by atoms with Crippen LogP contribution in [0.25, 0.3) is 0 Å². The summed E-state index contributed by atoms with van der Waals surface area (Å²) >= 11 is 3.42. The van der Waals surface area contributed by atoms with Gasteiger partial charge in [-0.15, -0.1) is 0 Å². The van der Waals surface area contributed by atoms with Gasteiger partial charge in [-0.25, -0.2) is 9.78 Å². The smallest absolute Gasteiger partial charge is 0.354 e. The number of halogens is 1. The van der Waals surface area contributed by atoms with Gasteiger partial charge in [0.05, 0.1) is 11.3 Å². The lowest BCUT2D eigenvalue weighted by Crippen LogP contribution is -2.14. The Bertz CT molecular complexity index is 688. The van der Waals surface area contributed by atoms with Gasteiger partial charge in [0.1, 0.15) is 5.69 Å². The fourth-order valence-corrected chi connectivity index (χ4v) is 2.69. The molecule has 0 aliphatic carbocycles. The number of rotatable bonds is 3. The quantitative estimate of drug-likeness (QED) is 0.890. The van der Waals surface area contributed by atoms with Crippen molar-refractivity contribution in [3.8, 4) is 0 Å². The van der Waals surface area contributed by atoms with Crippen molar-refractivity contribution >= 4 is 33.5 Å². The number of carboxylic acid groups (broad SMARTS) is 1. The van der Waals surface area contributed by atoms with Gasteiger partial charge in [-0.2, -0.15) is 0 Å². The molecule has 0 atom stereocenters. The summed E-state index contributed by atoms with van der Waals surface area (Å²) in [5.74, 6) is -1.47. The highest BCUT2D eigenvalue weighted by Gasteiger charge is 2.12. The van der Waals surface area contributed by atoms with Gasteiger partial charge in [0.2, 0.25) is 0 Å². The highest BCUT2D eigenvalue weighted by molar-refractivity contribution is 9.10. The second kappa shape index (κ2) is 6.05. The van der Waals surface area contributed by atoms with E-state index in [0.29, 0.717) is 11.3 Å². The summed E-state index contributed by atoms with van der Waals surface area (Å²) < 4.78 is 0.795. The number of carboxylic acids is 1. The predicted octanol–water partition coefficient (Wildman–Crippen LogP) is 3.41. The minimum absolute atomic E-state index is 0.0979. The molecule has 1 amide bonds. The molecule has 2 rings (SSSR count). The number of carbonyl (C=O) groups excluding carboxylic acids is 1. The predicted molar refractivity (Wildman–Crippen MR) is 82.8 cm³/mol. The van der Waals surface area contributed by atoms with E-state index in [1.54, 1.807) is 0 Å². The third-order valence-electron chi connectivity index (χ3n) is 2.92. The monoisotopic (exact) mass is 348 g/mol. The van der Waals surface area contributed by atoms with E-state index in [-0.39, 0.29) is 11.6 Å². The Morgan fingerprint density at radius 3 is 2.48 bits per heavy atom. The molecule has 0 saturated carbocycles. The highest BCUT2D eigenvalue weighted by atomic mass is 79.9. The molecule has 1 aromatic heterocycles. The largest absolute Gasteiger partial charge is 0.477 e. The zero-order valence-corrected chi connectivity index (χ0v) is 13.1. The van der Waals surface area contributed by atoms with Crippen molar-refractivity contribution in [3.63, 3.8) is 0 Å². The molecule has 2 N–H and O–H groups in total. The molecule has 0 aliphatic heterocycles. The fraction of sp³-hybridized carbons (Fsp3) is 0.133. The van der Waals surface area contributed by atoms with Gasteiger partial charge < -0.3 is 10.4 Å². The van der Waals surface area contributed by atoms with Gasteiger partial charge in [0.25, 0.3) is 5.91 Å². The van der Waals surface area contributed by atoms with Crippen LogP contribution in [0.4, 0.5) is 5.69 Å². The van der Waals surface area contributed by atoms with Crippen LogP contribution in [-0.2, 0) is 0 Å². The molecule has 0 fully saturated rings. The van der Waals surface area contributed by atoms with E-state index in [9.17, 15) is 9.59 Å². The first-order valence-corrected chi connectivity index (χ1v) is 6.95. The molecule has 0 saturated heterocycles. The average Bonchev–Trinajstić information content (AvgIpc) is 2.42. The summed E-state index contributed by atoms with van der Waals surface area (Å²) in [5.41, 5.74) is 2.91. The van der Waals surface area contributed by atoms with Gasteiger partial charge in [0.15, 0.2) is 0 Å². The number of benzene rings is 1. The Morgan fingerprint density at radius 1 is 1.24 bits per heavy atom. The molecule has 0 bridgehead atoms. The first-order valence-electron chi connectivity index (χ1n) is 6.16. The van der Waals surface area contributed by atoms with Crippen LogP contribution in [0.2, 0.25) is 0 Å². The van der Waals surface area contributed by atoms with Crippen LogP contribution in [0.3, 0.4) is 0 Å². The molecule has 0 aliphatic rings. The van der Waals surface area contributed by atoms with E-state index in [4.69, 9.17) is 5.11 Å². The number of hydrogen-bond donors (Lipinski definition) is 2. The standard InChI is InChI=1S/C15H13BrN2O3/c1-8-5-9(2)13(11(16)6-8)18-14(19)10-3-4-12(15(20)21)17-7-10/h3-7H,1-2H3,(H,18,19)(H,20,21). The number of aromatic nitrogens is 1. The Balaban J connectivity index is 2.24. The molecule has 0 radical (unpaired) electrons. The van der Waals surface area contributed by atoms with Gasteiger partial charge in [-0.1, -0.05) is 6.07 Å². The van der Waals surface area contributed by atoms with Gasteiger partial charge in [-0.3, -0.25) is 4.79 Å². The van der Waals surface area contributed by atoms with Crippen molar-refractivity contribution in [2.45, 2.75) is 13.8 Å². The third-order valence-corrected chi connectivity index (χ3v) is 3.54. The molecule has 0 unspecified atom stereocenters. The molecule has 21 heavy (non-hydrogen) atoms. The van der Waals surface area contributed by atoms with Crippen LogP contribution in [0, 0.1) is 13.8 Å². The number of nitrogens with zero attached hydrogens (tertiary/aromatic N) is 1. The van der Waals surface area contributed by atoms with Crippen molar-refractivity contribution in [1.82, 2.24) is 4.98 Å². The van der Waals surface area contributed by atoms with Crippen molar-refractivity contribution in [1.29, 1.82) is 0 Å². The van der Waals surface area contributed by atoms with Crippen LogP contribution < -0.4 is 5.32 Å². The number of amides is 1. The minimum atomic E-state index is -1.13. The number of pyridine rings is 1. The Kier molecular flexibility index (Phi) is 4.37. The summed E-state index contributed by atoms with van der Waals surface area (Å²) in [6, 6.07) is 6.61. The number of carbonyl (C=O) groups is 2. The molecule has 1 heterocycles. The van der Waals surface area contributed by atoms with Crippen LogP contribution in [-0.4, -0.2) is 22.0 Å². The summed E-state index contributed by atoms with van der Waals surface area (Å²) in [7, 11) is 0. The maximum Gasteiger partial charge on any atom is 0.354 e. The number of nitrogens with one attached hydrogen (secondary N) is 1. The van der Waals surface area contributed by atoms with Gasteiger partial charge in [0, 0.05) is 10.7 Å². The molecule has 2 aromatic rings. The first-order chi connectivity index (χ1) is 9.88. The topological polar surface area (TPSA) is 79.3 Å². The van der Waals surface area contributed by atoms with Crippen molar-refractivity contribution in [2.75, 3.05) is 5.32 Å². The van der Waals surface area contributed by atoms with E-state index in [1.165, 1.54) is 18.3 Å². The zero-order chi connectivity index (χ0) is 15.6. The minimum Gasteiger partial charge on any atom is -0.477 e. The van der Waals surface area contributed by atoms with Crippen molar-refractivity contribution in [3.05, 3.63) is 57.3 Å². The molecule has 108 valence electrons. The Labute approximate surface area is 130 Å². The average molecular weight is 349 g/mol. The van der Waals surface area contributed by atoms with E-state index in [0.717, 1.165) is 15.6 Å². The maximum absolute atomic E-state index is 12.2. The number of anilines is 1. The third kappa shape index (κ3) is 3.46. The van der Waals surface area contributed by atoms with E-state index in [2.05, 4.69) is 26.2 Å². The van der Waals surface area contributed by atoms with Crippen LogP contribution >= 0.6 is 15.9 Å². The van der Waals surface area contributed by atoms with Crippen LogP contribution in [0.1, 0.15) is 32.0 Å². The molecule has 1 aromatic carbocycles. The number of hydrogen-bond acceptors (Lipinski definition) is 3. The molecular weight excluding hydrogens is 336 g/mol. The van der Waals surface area contributed by atoms with Crippen LogP contribution in [0.5, 0.6) is 0 Å². The van der Waals surface area contributed by atoms with E-state index >= 15 is 0 Å². The van der Waals surface area contributed by atoms with Crippen molar-refractivity contribution in [2.24, 2.45) is 0 Å². The zero-order valence-electron chi connectivity index (χ0n) is 11.5. The normalized spacial score (nSPS) is 10.2. The lowest BCUT2D eigenvalue weighted by Gasteiger charge is -2.11. The molecule has 0 spiro atoms. The lowest BCUT2D eigenvalue weighted by molar-refractivity contribution is 0.0690.